The molecule has 7 nitrogen and oxygen atoms in total. The number of thiazole rings is 1. The minimum Gasteiger partial charge on any atom is -0.474 e. The van der Waals surface area contributed by atoms with Gasteiger partial charge in [0.05, 0.1) is 4.92 Å². The molecule has 0 spiro atoms. The van der Waals surface area contributed by atoms with Gasteiger partial charge in [0.25, 0.3) is 5.91 Å². The number of nitrogens with zero attached hydrogens (tertiary/aromatic N) is 3. The molecule has 1 aromatic carbocycles. The predicted molar refractivity (Wildman–Crippen MR) is 99.7 cm³/mol. The van der Waals surface area contributed by atoms with Crippen molar-refractivity contribution in [3.63, 3.8) is 0 Å². The Labute approximate surface area is 155 Å². The number of hydrogen-bond donors (Lipinski definition) is 0. The smallest absolute Gasteiger partial charge is 0.310 e. The van der Waals surface area contributed by atoms with Gasteiger partial charge in [-0.05, 0) is 25.8 Å². The topological polar surface area (TPSA) is 85.6 Å². The zero-order valence-corrected chi connectivity index (χ0v) is 15.4. The van der Waals surface area contributed by atoms with Gasteiger partial charge in [0.15, 0.2) is 17.0 Å². The van der Waals surface area contributed by atoms with Crippen LogP contribution in [-0.4, -0.2) is 28.0 Å². The molecule has 1 saturated carbocycles. The number of nitro benzene ring substituents is 1. The fourth-order valence-electron chi connectivity index (χ4n) is 3.25. The Morgan fingerprint density at radius 1 is 1.35 bits per heavy atom. The third kappa shape index (κ3) is 4.01. The van der Waals surface area contributed by atoms with Gasteiger partial charge in [-0.15, -0.1) is 11.3 Å². The van der Waals surface area contributed by atoms with E-state index in [0.717, 1.165) is 25.7 Å². The lowest BCUT2D eigenvalue weighted by Gasteiger charge is -2.34. The molecule has 0 bridgehead atoms. The summed E-state index contributed by atoms with van der Waals surface area (Å²) in [7, 11) is 0. The molecule has 138 valence electrons. The van der Waals surface area contributed by atoms with E-state index >= 15 is 0 Å². The van der Waals surface area contributed by atoms with Gasteiger partial charge in [-0.1, -0.05) is 31.4 Å². The number of benzene rings is 1. The number of nitro groups is 1. The third-order valence-electron chi connectivity index (χ3n) is 4.52. The highest BCUT2D eigenvalue weighted by atomic mass is 32.1. The van der Waals surface area contributed by atoms with Crippen molar-refractivity contribution in [3.8, 4) is 5.75 Å². The van der Waals surface area contributed by atoms with Crippen molar-refractivity contribution in [3.05, 3.63) is 46.0 Å². The van der Waals surface area contributed by atoms with E-state index in [0.29, 0.717) is 5.13 Å². The number of aromatic nitrogens is 1. The molecule has 3 rings (SSSR count). The average Bonchev–Trinajstić information content (AvgIpc) is 3.17. The summed E-state index contributed by atoms with van der Waals surface area (Å²) in [5.74, 6) is -0.119. The van der Waals surface area contributed by atoms with Gasteiger partial charge in [-0.2, -0.15) is 0 Å². The van der Waals surface area contributed by atoms with Crippen molar-refractivity contribution in [1.82, 2.24) is 4.98 Å². The molecule has 0 unspecified atom stereocenters. The first-order chi connectivity index (χ1) is 12.6. The molecule has 1 heterocycles. The molecule has 0 aliphatic heterocycles. The summed E-state index contributed by atoms with van der Waals surface area (Å²) in [5, 5.41) is 13.7. The van der Waals surface area contributed by atoms with Crippen molar-refractivity contribution in [2.45, 2.75) is 51.2 Å². The second kappa shape index (κ2) is 8.27. The number of anilines is 1. The number of rotatable bonds is 6. The highest BCUT2D eigenvalue weighted by Crippen LogP contribution is 2.31. The maximum Gasteiger partial charge on any atom is 0.310 e. The minimum atomic E-state index is -0.845. The van der Waals surface area contributed by atoms with Crippen molar-refractivity contribution in [1.29, 1.82) is 0 Å². The zero-order chi connectivity index (χ0) is 18.5. The summed E-state index contributed by atoms with van der Waals surface area (Å²) in [6, 6.07) is 6.20. The van der Waals surface area contributed by atoms with Crippen molar-refractivity contribution >= 4 is 28.1 Å². The molecule has 1 aliphatic carbocycles. The predicted octanol–water partition coefficient (Wildman–Crippen LogP) is 4.18. The molecule has 0 N–H and O–H groups in total. The van der Waals surface area contributed by atoms with Gasteiger partial charge in [0, 0.05) is 23.7 Å². The number of para-hydroxylation sites is 2. The van der Waals surface area contributed by atoms with E-state index in [1.807, 2.05) is 5.38 Å². The number of amides is 1. The van der Waals surface area contributed by atoms with Gasteiger partial charge >= 0.3 is 5.69 Å². The number of ether oxygens (including phenoxy) is 1. The SMILES string of the molecule is C[C@H](Oc1ccccc1[N+](=O)[O-])C(=O)N(c1nccs1)C1CCCCC1. The summed E-state index contributed by atoms with van der Waals surface area (Å²) in [6.07, 6.45) is 6.04. The molecule has 26 heavy (non-hydrogen) atoms. The zero-order valence-electron chi connectivity index (χ0n) is 14.5. The maximum absolute atomic E-state index is 13.1. The Bertz CT molecular complexity index is 760. The number of carbonyl (C=O) groups excluding carboxylic acids is 1. The Morgan fingerprint density at radius 2 is 2.08 bits per heavy atom. The van der Waals surface area contributed by atoms with Crippen LogP contribution in [-0.2, 0) is 4.79 Å². The van der Waals surface area contributed by atoms with E-state index in [9.17, 15) is 14.9 Å². The lowest BCUT2D eigenvalue weighted by atomic mass is 9.94. The van der Waals surface area contributed by atoms with Crippen molar-refractivity contribution in [2.24, 2.45) is 0 Å². The Hall–Kier alpha value is -2.48. The van der Waals surface area contributed by atoms with Crippen LogP contribution in [0.15, 0.2) is 35.8 Å². The van der Waals surface area contributed by atoms with Crippen molar-refractivity contribution < 1.29 is 14.5 Å². The van der Waals surface area contributed by atoms with E-state index in [1.165, 1.54) is 29.9 Å². The van der Waals surface area contributed by atoms with Crippen LogP contribution in [0.3, 0.4) is 0 Å². The van der Waals surface area contributed by atoms with Gasteiger partial charge < -0.3 is 4.74 Å². The first-order valence-electron chi connectivity index (χ1n) is 8.70. The van der Waals surface area contributed by atoms with E-state index < -0.39 is 11.0 Å². The van der Waals surface area contributed by atoms with E-state index in [4.69, 9.17) is 4.74 Å². The monoisotopic (exact) mass is 375 g/mol. The maximum atomic E-state index is 13.1. The first-order valence-corrected chi connectivity index (χ1v) is 9.58. The van der Waals surface area contributed by atoms with Gasteiger partial charge in [-0.3, -0.25) is 19.8 Å². The largest absolute Gasteiger partial charge is 0.474 e. The minimum absolute atomic E-state index is 0.0965. The third-order valence-corrected chi connectivity index (χ3v) is 5.29. The van der Waals surface area contributed by atoms with Crippen LogP contribution >= 0.6 is 11.3 Å². The molecule has 1 fully saturated rings. The van der Waals surface area contributed by atoms with Crippen LogP contribution in [0.5, 0.6) is 5.75 Å². The average molecular weight is 375 g/mol. The van der Waals surface area contributed by atoms with Crippen LogP contribution in [0.1, 0.15) is 39.0 Å². The second-order valence-electron chi connectivity index (χ2n) is 6.30. The summed E-state index contributed by atoms with van der Waals surface area (Å²) in [6.45, 7) is 1.63. The highest BCUT2D eigenvalue weighted by Gasteiger charge is 2.33. The molecule has 0 radical (unpaired) electrons. The van der Waals surface area contributed by atoms with Gasteiger partial charge in [0.2, 0.25) is 0 Å². The molecule has 8 heteroatoms. The Kier molecular flexibility index (Phi) is 5.82. The summed E-state index contributed by atoms with van der Waals surface area (Å²) in [5.41, 5.74) is -0.148. The van der Waals surface area contributed by atoms with E-state index in [2.05, 4.69) is 4.98 Å². The molecular weight excluding hydrogens is 354 g/mol. The van der Waals surface area contributed by atoms with Gasteiger partial charge in [-0.25, -0.2) is 4.98 Å². The summed E-state index contributed by atoms with van der Waals surface area (Å²) >= 11 is 1.41. The number of hydrogen-bond acceptors (Lipinski definition) is 6. The first kappa shape index (κ1) is 18.3. The molecule has 1 aromatic heterocycles. The van der Waals surface area contributed by atoms with Crippen LogP contribution in [0.4, 0.5) is 10.8 Å². The standard InChI is InChI=1S/C18H21N3O4S/c1-13(25-16-10-6-5-9-15(16)21(23)24)17(22)20(18-19-11-12-26-18)14-7-3-2-4-8-14/h5-6,9-14H,2-4,7-8H2,1H3/t13-/m0/s1. The fourth-order valence-corrected chi connectivity index (χ4v) is 3.97. The van der Waals surface area contributed by atoms with E-state index in [1.54, 1.807) is 30.2 Å². The summed E-state index contributed by atoms with van der Waals surface area (Å²) in [4.78, 5) is 29.8. The molecule has 1 aliphatic rings. The van der Waals surface area contributed by atoms with E-state index in [-0.39, 0.29) is 23.4 Å². The Balaban J connectivity index is 1.81. The molecule has 2 aromatic rings. The van der Waals surface area contributed by atoms with Crippen LogP contribution in [0.25, 0.3) is 0 Å². The molecule has 0 saturated heterocycles. The quantitative estimate of drug-likeness (QED) is 0.558. The lowest BCUT2D eigenvalue weighted by molar-refractivity contribution is -0.386. The summed E-state index contributed by atoms with van der Waals surface area (Å²) < 4.78 is 5.68. The normalized spacial score (nSPS) is 16.0. The Morgan fingerprint density at radius 3 is 2.73 bits per heavy atom. The van der Waals surface area contributed by atoms with Crippen LogP contribution in [0.2, 0.25) is 0 Å². The fraction of sp³-hybridized carbons (Fsp3) is 0.444. The highest BCUT2D eigenvalue weighted by molar-refractivity contribution is 7.13. The molecular formula is C18H21N3O4S. The molecule has 1 amide bonds. The van der Waals surface area contributed by atoms with Crippen molar-refractivity contribution in [2.75, 3.05) is 4.90 Å². The molecule has 1 atom stereocenters. The second-order valence-corrected chi connectivity index (χ2v) is 7.17. The lowest BCUT2D eigenvalue weighted by Crippen LogP contribution is -2.47. The van der Waals surface area contributed by atoms with Gasteiger partial charge in [0.1, 0.15) is 0 Å². The van der Waals surface area contributed by atoms with Crippen LogP contribution < -0.4 is 9.64 Å². The number of carbonyl (C=O) groups is 1. The van der Waals surface area contributed by atoms with Crippen LogP contribution in [0, 0.1) is 10.1 Å².